The summed E-state index contributed by atoms with van der Waals surface area (Å²) in [7, 11) is 0. The molecule has 2 rings (SSSR count). The highest BCUT2D eigenvalue weighted by Crippen LogP contribution is 2.26. The van der Waals surface area contributed by atoms with Gasteiger partial charge >= 0.3 is 0 Å². The van der Waals surface area contributed by atoms with Crippen molar-refractivity contribution in [3.05, 3.63) is 22.4 Å². The highest BCUT2D eigenvalue weighted by molar-refractivity contribution is 7.15. The predicted molar refractivity (Wildman–Crippen MR) is 84.4 cm³/mol. The molecule has 0 fully saturated rings. The molecule has 1 unspecified atom stereocenters. The lowest BCUT2D eigenvalue weighted by Gasteiger charge is -2.33. The van der Waals surface area contributed by atoms with Crippen LogP contribution < -0.4 is 5.32 Å². The Morgan fingerprint density at radius 2 is 2.20 bits per heavy atom. The van der Waals surface area contributed by atoms with Crippen molar-refractivity contribution >= 4 is 27.9 Å². The Balaban J connectivity index is 1.99. The number of fused-ring (bicyclic) bond motifs is 1. The molecule has 0 radical (unpaired) electrons. The molecule has 1 atom stereocenters. The Morgan fingerprint density at radius 1 is 1.50 bits per heavy atom. The second-order valence-corrected chi connectivity index (χ2v) is 7.42. The van der Waals surface area contributed by atoms with Gasteiger partial charge in [-0.2, -0.15) is 0 Å². The summed E-state index contributed by atoms with van der Waals surface area (Å²) >= 11 is 7.73. The van der Waals surface area contributed by atoms with E-state index in [0.29, 0.717) is 11.7 Å². The molecule has 2 N–H and O–H groups in total. The van der Waals surface area contributed by atoms with Gasteiger partial charge in [0.15, 0.2) is 10.1 Å². The van der Waals surface area contributed by atoms with Crippen molar-refractivity contribution in [3.63, 3.8) is 0 Å². The summed E-state index contributed by atoms with van der Waals surface area (Å²) in [6, 6.07) is 0. The predicted octanol–water partition coefficient (Wildman–Crippen LogP) is 3.18. The van der Waals surface area contributed by atoms with Crippen LogP contribution in [0.4, 0.5) is 0 Å². The first-order chi connectivity index (χ1) is 9.33. The van der Waals surface area contributed by atoms with Gasteiger partial charge in [0.2, 0.25) is 0 Å². The molecular weight excluding hydrogens is 294 g/mol. The maximum Gasteiger partial charge on any atom is 0.195 e. The number of hydrogen-bond donors (Lipinski definition) is 2. The number of nitrogens with one attached hydrogen (secondary N) is 1. The Labute approximate surface area is 128 Å². The van der Waals surface area contributed by atoms with Gasteiger partial charge in [-0.25, -0.2) is 4.98 Å². The Kier molecular flexibility index (Phi) is 4.74. The largest absolute Gasteiger partial charge is 0.392 e. The number of rotatable bonds is 6. The third kappa shape index (κ3) is 3.17. The van der Waals surface area contributed by atoms with Crippen molar-refractivity contribution in [2.75, 3.05) is 6.54 Å². The van der Waals surface area contributed by atoms with E-state index in [1.165, 1.54) is 0 Å². The standard InChI is InChI=1S/C14H22ClN3OS/c1-9(2)11(19)14(3,4)8-16-7-10-12(15)17-13-18(10)5-6-20-13/h5-6,9,11,16,19H,7-8H2,1-4H3. The van der Waals surface area contributed by atoms with E-state index in [0.717, 1.165) is 17.2 Å². The van der Waals surface area contributed by atoms with E-state index in [4.69, 9.17) is 11.6 Å². The topological polar surface area (TPSA) is 49.6 Å². The Morgan fingerprint density at radius 3 is 2.85 bits per heavy atom. The van der Waals surface area contributed by atoms with Crippen molar-refractivity contribution in [1.82, 2.24) is 14.7 Å². The molecule has 2 heterocycles. The van der Waals surface area contributed by atoms with Crippen LogP contribution in [0.5, 0.6) is 0 Å². The van der Waals surface area contributed by atoms with Crippen molar-refractivity contribution in [3.8, 4) is 0 Å². The Hall–Kier alpha value is -0.620. The molecule has 0 spiro atoms. The minimum absolute atomic E-state index is 0.181. The third-order valence-electron chi connectivity index (χ3n) is 3.62. The molecule has 0 amide bonds. The van der Waals surface area contributed by atoms with E-state index in [1.807, 2.05) is 29.8 Å². The van der Waals surface area contributed by atoms with Crippen LogP contribution in [-0.2, 0) is 6.54 Å². The van der Waals surface area contributed by atoms with E-state index in [2.05, 4.69) is 24.1 Å². The molecule has 4 nitrogen and oxygen atoms in total. The van der Waals surface area contributed by atoms with Crippen LogP contribution in [0.1, 0.15) is 33.4 Å². The van der Waals surface area contributed by atoms with Crippen LogP contribution in [0.3, 0.4) is 0 Å². The molecule has 2 aromatic heterocycles. The normalized spacial score (nSPS) is 14.3. The van der Waals surface area contributed by atoms with E-state index in [1.54, 1.807) is 11.3 Å². The maximum absolute atomic E-state index is 10.2. The van der Waals surface area contributed by atoms with Gasteiger partial charge in [0.25, 0.3) is 0 Å². The molecular formula is C14H22ClN3OS. The number of thiazole rings is 1. The van der Waals surface area contributed by atoms with Gasteiger partial charge in [0.1, 0.15) is 0 Å². The maximum atomic E-state index is 10.2. The second kappa shape index (κ2) is 6.02. The summed E-state index contributed by atoms with van der Waals surface area (Å²) in [6.07, 6.45) is 1.64. The average molecular weight is 316 g/mol. The van der Waals surface area contributed by atoms with Crippen LogP contribution >= 0.6 is 22.9 Å². The molecule has 0 aliphatic rings. The smallest absolute Gasteiger partial charge is 0.195 e. The minimum atomic E-state index is -0.336. The molecule has 0 aromatic carbocycles. The fourth-order valence-corrected chi connectivity index (χ4v) is 3.50. The van der Waals surface area contributed by atoms with Crippen LogP contribution in [0.25, 0.3) is 4.96 Å². The SMILES string of the molecule is CC(C)C(O)C(C)(C)CNCc1c(Cl)nc2sccn12. The zero-order valence-corrected chi connectivity index (χ0v) is 13.9. The summed E-state index contributed by atoms with van der Waals surface area (Å²) < 4.78 is 2.01. The fourth-order valence-electron chi connectivity index (χ4n) is 2.47. The summed E-state index contributed by atoms with van der Waals surface area (Å²) in [4.78, 5) is 5.22. The molecule has 0 saturated heterocycles. The van der Waals surface area contributed by atoms with Gasteiger partial charge in [-0.1, -0.05) is 39.3 Å². The number of aromatic nitrogens is 2. The quantitative estimate of drug-likeness (QED) is 0.860. The van der Waals surface area contributed by atoms with Crippen LogP contribution in [0.15, 0.2) is 11.6 Å². The first-order valence-corrected chi connectivity index (χ1v) is 8.07. The van der Waals surface area contributed by atoms with Gasteiger partial charge in [-0.05, 0) is 5.92 Å². The number of hydrogen-bond acceptors (Lipinski definition) is 4. The highest BCUT2D eigenvalue weighted by atomic mass is 35.5. The van der Waals surface area contributed by atoms with Crippen molar-refractivity contribution < 1.29 is 5.11 Å². The number of aliphatic hydroxyl groups is 1. The molecule has 6 heteroatoms. The Bertz CT molecular complexity index is 576. The fraction of sp³-hybridized carbons (Fsp3) is 0.643. The van der Waals surface area contributed by atoms with Gasteiger partial charge in [-0.3, -0.25) is 4.40 Å². The van der Waals surface area contributed by atoms with Crippen molar-refractivity contribution in [1.29, 1.82) is 0 Å². The molecule has 0 aliphatic carbocycles. The van der Waals surface area contributed by atoms with E-state index in [-0.39, 0.29) is 17.4 Å². The van der Waals surface area contributed by atoms with Gasteiger partial charge < -0.3 is 10.4 Å². The van der Waals surface area contributed by atoms with Crippen LogP contribution in [0, 0.1) is 11.3 Å². The van der Waals surface area contributed by atoms with Crippen LogP contribution in [0.2, 0.25) is 5.15 Å². The minimum Gasteiger partial charge on any atom is -0.392 e. The number of halogens is 1. The lowest BCUT2D eigenvalue weighted by molar-refractivity contribution is 0.0134. The first-order valence-electron chi connectivity index (χ1n) is 6.81. The van der Waals surface area contributed by atoms with Gasteiger partial charge in [-0.15, -0.1) is 11.3 Å². The number of imidazole rings is 1. The first kappa shape index (κ1) is 15.8. The van der Waals surface area contributed by atoms with Crippen molar-refractivity contribution in [2.24, 2.45) is 11.3 Å². The zero-order valence-electron chi connectivity index (χ0n) is 12.4. The lowest BCUT2D eigenvalue weighted by Crippen LogP contribution is -2.41. The number of aliphatic hydroxyl groups excluding tert-OH is 1. The highest BCUT2D eigenvalue weighted by Gasteiger charge is 2.29. The molecule has 20 heavy (non-hydrogen) atoms. The average Bonchev–Trinajstić information content (AvgIpc) is 2.90. The van der Waals surface area contributed by atoms with Gasteiger partial charge in [0.05, 0.1) is 11.8 Å². The van der Waals surface area contributed by atoms with Gasteiger partial charge in [0, 0.05) is 30.1 Å². The van der Waals surface area contributed by atoms with E-state index >= 15 is 0 Å². The monoisotopic (exact) mass is 315 g/mol. The summed E-state index contributed by atoms with van der Waals surface area (Å²) in [6.45, 7) is 9.58. The summed E-state index contributed by atoms with van der Waals surface area (Å²) in [5.74, 6) is 0.244. The molecule has 0 aliphatic heterocycles. The molecule has 0 bridgehead atoms. The molecule has 0 saturated carbocycles. The second-order valence-electron chi connectivity index (χ2n) is 6.19. The van der Waals surface area contributed by atoms with Crippen LogP contribution in [-0.4, -0.2) is 27.1 Å². The zero-order chi connectivity index (χ0) is 14.9. The van der Waals surface area contributed by atoms with Crippen molar-refractivity contribution in [2.45, 2.75) is 40.3 Å². The van der Waals surface area contributed by atoms with E-state index in [9.17, 15) is 5.11 Å². The summed E-state index contributed by atoms with van der Waals surface area (Å²) in [5.41, 5.74) is 0.789. The van der Waals surface area contributed by atoms with E-state index < -0.39 is 0 Å². The number of nitrogens with zero attached hydrogens (tertiary/aromatic N) is 2. The summed E-state index contributed by atoms with van der Waals surface area (Å²) in [5, 5.41) is 16.2. The lowest BCUT2D eigenvalue weighted by atomic mass is 9.81. The third-order valence-corrected chi connectivity index (χ3v) is 4.68. The molecule has 112 valence electrons. The molecule has 2 aromatic rings.